The molecule has 0 aliphatic heterocycles. The Morgan fingerprint density at radius 1 is 1.10 bits per heavy atom. The van der Waals surface area contributed by atoms with Gasteiger partial charge in [0.1, 0.15) is 0 Å². The predicted octanol–water partition coefficient (Wildman–Crippen LogP) is 3.82. The van der Waals surface area contributed by atoms with Gasteiger partial charge in [0.15, 0.2) is 5.75 Å². The highest BCUT2D eigenvalue weighted by atomic mass is 35.5. The molecule has 21 heavy (non-hydrogen) atoms. The Balaban J connectivity index is 2.34. The van der Waals surface area contributed by atoms with Crippen molar-refractivity contribution in [1.29, 1.82) is 0 Å². The number of phenols is 1. The van der Waals surface area contributed by atoms with Crippen molar-refractivity contribution in [2.45, 2.75) is 11.8 Å². The minimum atomic E-state index is -3.79. The van der Waals surface area contributed by atoms with Crippen molar-refractivity contribution in [2.24, 2.45) is 4.40 Å². The first kappa shape index (κ1) is 15.8. The molecule has 110 valence electrons. The summed E-state index contributed by atoms with van der Waals surface area (Å²) >= 11 is 11.5. The number of nitrogens with zero attached hydrogens (tertiary/aromatic N) is 1. The van der Waals surface area contributed by atoms with Crippen LogP contribution >= 0.6 is 23.2 Å². The van der Waals surface area contributed by atoms with Gasteiger partial charge in [-0.1, -0.05) is 40.9 Å². The average Bonchev–Trinajstić information content (AvgIpc) is 2.43. The number of hydrogen-bond acceptors (Lipinski definition) is 3. The zero-order valence-electron chi connectivity index (χ0n) is 10.9. The molecule has 2 aromatic rings. The maximum absolute atomic E-state index is 12.0. The third kappa shape index (κ3) is 3.75. The molecule has 0 spiro atoms. The largest absolute Gasteiger partial charge is 0.505 e. The molecule has 0 aliphatic rings. The van der Waals surface area contributed by atoms with E-state index in [1.54, 1.807) is 12.1 Å². The first-order valence-electron chi connectivity index (χ1n) is 5.84. The Labute approximate surface area is 132 Å². The monoisotopic (exact) mass is 343 g/mol. The summed E-state index contributed by atoms with van der Waals surface area (Å²) in [7, 11) is -3.79. The van der Waals surface area contributed by atoms with Crippen LogP contribution in [-0.2, 0) is 10.0 Å². The molecular weight excluding hydrogens is 333 g/mol. The Hall–Kier alpha value is -1.56. The summed E-state index contributed by atoms with van der Waals surface area (Å²) in [4.78, 5) is 0.0975. The molecule has 0 bridgehead atoms. The Morgan fingerprint density at radius 3 is 2.14 bits per heavy atom. The van der Waals surface area contributed by atoms with Crippen LogP contribution in [0.4, 0.5) is 0 Å². The van der Waals surface area contributed by atoms with Gasteiger partial charge < -0.3 is 5.11 Å². The minimum Gasteiger partial charge on any atom is -0.505 e. The predicted molar refractivity (Wildman–Crippen MR) is 84.1 cm³/mol. The molecule has 0 amide bonds. The number of sulfonamides is 1. The molecule has 4 nitrogen and oxygen atoms in total. The van der Waals surface area contributed by atoms with Crippen molar-refractivity contribution < 1.29 is 13.5 Å². The standard InChI is InChI=1S/C14H11Cl2NO3S/c1-9-2-4-11(5-3-9)21(19,20)17-8-10-6-12(15)14(18)13(16)7-10/h2-8,18H,1H3/b17-8-. The van der Waals surface area contributed by atoms with Gasteiger partial charge in [-0.2, -0.15) is 12.8 Å². The van der Waals surface area contributed by atoms with E-state index in [2.05, 4.69) is 4.40 Å². The molecule has 0 saturated carbocycles. The molecule has 0 radical (unpaired) electrons. The van der Waals surface area contributed by atoms with Crippen LogP contribution in [0.5, 0.6) is 5.75 Å². The van der Waals surface area contributed by atoms with Crippen LogP contribution < -0.4 is 0 Å². The summed E-state index contributed by atoms with van der Waals surface area (Å²) in [5.41, 5.74) is 1.33. The van der Waals surface area contributed by atoms with Gasteiger partial charge in [-0.25, -0.2) is 0 Å². The van der Waals surface area contributed by atoms with Gasteiger partial charge in [0.25, 0.3) is 10.0 Å². The molecule has 2 aromatic carbocycles. The van der Waals surface area contributed by atoms with Crippen molar-refractivity contribution in [1.82, 2.24) is 0 Å². The smallest absolute Gasteiger partial charge is 0.282 e. The second-order valence-corrected chi connectivity index (χ2v) is 6.80. The van der Waals surface area contributed by atoms with E-state index in [1.807, 2.05) is 6.92 Å². The van der Waals surface area contributed by atoms with E-state index in [9.17, 15) is 13.5 Å². The fourth-order valence-electron chi connectivity index (χ4n) is 1.56. The number of phenolic OH excluding ortho intramolecular Hbond substituents is 1. The second kappa shape index (κ2) is 6.05. The van der Waals surface area contributed by atoms with E-state index >= 15 is 0 Å². The second-order valence-electron chi connectivity index (χ2n) is 4.36. The van der Waals surface area contributed by atoms with Crippen molar-refractivity contribution in [2.75, 3.05) is 0 Å². The van der Waals surface area contributed by atoms with E-state index < -0.39 is 10.0 Å². The highest BCUT2D eigenvalue weighted by Gasteiger charge is 2.11. The van der Waals surface area contributed by atoms with Crippen molar-refractivity contribution in [3.63, 3.8) is 0 Å². The van der Waals surface area contributed by atoms with Gasteiger partial charge in [0, 0.05) is 6.21 Å². The molecule has 0 saturated heterocycles. The number of aryl methyl sites for hydroxylation is 1. The molecule has 7 heteroatoms. The Morgan fingerprint density at radius 2 is 1.62 bits per heavy atom. The average molecular weight is 344 g/mol. The van der Waals surface area contributed by atoms with Gasteiger partial charge in [-0.05, 0) is 36.8 Å². The molecule has 2 rings (SSSR count). The highest BCUT2D eigenvalue weighted by molar-refractivity contribution is 7.90. The molecule has 1 N–H and O–H groups in total. The fourth-order valence-corrected chi connectivity index (χ4v) is 2.93. The number of halogens is 2. The summed E-state index contributed by atoms with van der Waals surface area (Å²) in [6.07, 6.45) is 1.13. The summed E-state index contributed by atoms with van der Waals surface area (Å²) in [6.45, 7) is 1.86. The molecule has 0 aliphatic carbocycles. The summed E-state index contributed by atoms with van der Waals surface area (Å²) in [5, 5.41) is 9.49. The molecular formula is C14H11Cl2NO3S. The topological polar surface area (TPSA) is 66.7 Å². The molecule has 0 atom stereocenters. The normalized spacial score (nSPS) is 12.0. The van der Waals surface area contributed by atoms with Gasteiger partial charge in [0.2, 0.25) is 0 Å². The number of hydrogen-bond donors (Lipinski definition) is 1. The van der Waals surface area contributed by atoms with Crippen LogP contribution in [0.15, 0.2) is 45.7 Å². The third-order valence-corrected chi connectivity index (χ3v) is 4.53. The lowest BCUT2D eigenvalue weighted by molar-refractivity contribution is 0.476. The Kier molecular flexibility index (Phi) is 4.56. The lowest BCUT2D eigenvalue weighted by Gasteiger charge is -2.02. The van der Waals surface area contributed by atoms with Crippen LogP contribution in [0.3, 0.4) is 0 Å². The zero-order valence-corrected chi connectivity index (χ0v) is 13.2. The van der Waals surface area contributed by atoms with E-state index in [0.29, 0.717) is 5.56 Å². The van der Waals surface area contributed by atoms with Gasteiger partial charge in [-0.15, -0.1) is 0 Å². The lowest BCUT2D eigenvalue weighted by Crippen LogP contribution is -1.98. The SMILES string of the molecule is Cc1ccc(S(=O)(=O)/N=C\c2cc(Cl)c(O)c(Cl)c2)cc1. The van der Waals surface area contributed by atoms with Gasteiger partial charge in [0.05, 0.1) is 14.9 Å². The van der Waals surface area contributed by atoms with Crippen molar-refractivity contribution in [3.8, 4) is 5.75 Å². The van der Waals surface area contributed by atoms with Crippen LogP contribution in [0.25, 0.3) is 0 Å². The van der Waals surface area contributed by atoms with Crippen LogP contribution in [0.2, 0.25) is 10.0 Å². The maximum atomic E-state index is 12.0. The maximum Gasteiger partial charge on any atom is 0.282 e. The van der Waals surface area contributed by atoms with E-state index in [1.165, 1.54) is 24.3 Å². The van der Waals surface area contributed by atoms with Crippen molar-refractivity contribution >= 4 is 39.4 Å². The van der Waals surface area contributed by atoms with Crippen LogP contribution in [0.1, 0.15) is 11.1 Å². The first-order valence-corrected chi connectivity index (χ1v) is 8.04. The molecule has 0 aromatic heterocycles. The van der Waals surface area contributed by atoms with Crippen LogP contribution in [-0.4, -0.2) is 19.7 Å². The lowest BCUT2D eigenvalue weighted by atomic mass is 10.2. The van der Waals surface area contributed by atoms with Crippen molar-refractivity contribution in [3.05, 3.63) is 57.6 Å². The van der Waals surface area contributed by atoms with E-state index in [4.69, 9.17) is 23.2 Å². The summed E-state index contributed by atoms with van der Waals surface area (Å²) in [5.74, 6) is -0.253. The molecule has 0 unspecified atom stereocenters. The van der Waals surface area contributed by atoms with Gasteiger partial charge in [-0.3, -0.25) is 0 Å². The summed E-state index contributed by atoms with van der Waals surface area (Å²) < 4.78 is 27.7. The summed E-state index contributed by atoms with van der Waals surface area (Å²) in [6, 6.07) is 9.10. The van der Waals surface area contributed by atoms with Crippen LogP contribution in [0, 0.1) is 6.92 Å². The molecule has 0 heterocycles. The first-order chi connectivity index (χ1) is 9.79. The number of rotatable bonds is 3. The third-order valence-electron chi connectivity index (χ3n) is 2.70. The zero-order chi connectivity index (χ0) is 15.6. The minimum absolute atomic E-state index is 0.0247. The number of benzene rings is 2. The van der Waals surface area contributed by atoms with E-state index in [-0.39, 0.29) is 20.7 Å². The quantitative estimate of drug-likeness (QED) is 0.861. The number of aromatic hydroxyl groups is 1. The fraction of sp³-hybridized carbons (Fsp3) is 0.0714. The highest BCUT2D eigenvalue weighted by Crippen LogP contribution is 2.32. The van der Waals surface area contributed by atoms with Gasteiger partial charge >= 0.3 is 0 Å². The van der Waals surface area contributed by atoms with E-state index in [0.717, 1.165) is 11.8 Å². The molecule has 0 fully saturated rings. The Bertz CT molecular complexity index is 776.